The van der Waals surface area contributed by atoms with Crippen LogP contribution in [0.2, 0.25) is 0 Å². The van der Waals surface area contributed by atoms with E-state index in [0.717, 1.165) is 24.0 Å². The summed E-state index contributed by atoms with van der Waals surface area (Å²) in [7, 11) is 0. The number of piperazine rings is 1. The molecule has 3 aromatic rings. The van der Waals surface area contributed by atoms with Gasteiger partial charge in [-0.1, -0.05) is 30.7 Å². The first-order valence-corrected chi connectivity index (χ1v) is 14.3. The molecule has 5 rings (SSSR count). The van der Waals surface area contributed by atoms with E-state index in [2.05, 4.69) is 15.3 Å². The van der Waals surface area contributed by atoms with Crippen LogP contribution < -0.4 is 15.1 Å². The molecule has 2 aliphatic heterocycles. The molecular weight excluding hydrogens is 565 g/mol. The lowest BCUT2D eigenvalue weighted by molar-refractivity contribution is -0.142. The minimum atomic E-state index is -4.86. The van der Waals surface area contributed by atoms with E-state index < -0.39 is 29.6 Å². The van der Waals surface area contributed by atoms with Gasteiger partial charge >= 0.3 is 6.18 Å². The molecule has 0 spiro atoms. The van der Waals surface area contributed by atoms with Crippen LogP contribution >= 0.6 is 0 Å². The minimum absolute atomic E-state index is 0.192. The standard InChI is InChI=1S/C30H35F3N6O4/c1-18-6-7-20(3)22(15-18)24(40)28(42)38-13-11-37(12-14-38)23-9-8-21(16-34-23)35-27(41)25-26(30(31,32)33)36-29(43-25)39-10-4-5-19(2)17-39/h6-9,15-16,19,24,40H,4-5,10-14,17H2,1-3H3,(H,35,41). The first kappa shape index (κ1) is 30.3. The average Bonchev–Trinajstić information content (AvgIpc) is 3.45. The number of carbonyl (C=O) groups excluding carboxylic acids is 2. The van der Waals surface area contributed by atoms with Crippen molar-refractivity contribution in [1.29, 1.82) is 0 Å². The molecule has 10 nitrogen and oxygen atoms in total. The molecule has 2 amide bonds. The molecule has 13 heteroatoms. The number of benzene rings is 1. The van der Waals surface area contributed by atoms with Gasteiger partial charge in [-0.3, -0.25) is 9.59 Å². The number of aliphatic hydroxyl groups is 1. The number of hydrogen-bond acceptors (Lipinski definition) is 8. The largest absolute Gasteiger partial charge is 0.437 e. The number of amides is 2. The maximum absolute atomic E-state index is 13.7. The monoisotopic (exact) mass is 600 g/mol. The summed E-state index contributed by atoms with van der Waals surface area (Å²) in [6.45, 7) is 8.46. The molecule has 2 aromatic heterocycles. The number of oxazole rings is 1. The van der Waals surface area contributed by atoms with Crippen molar-refractivity contribution in [1.82, 2.24) is 14.9 Å². The molecule has 0 saturated carbocycles. The summed E-state index contributed by atoms with van der Waals surface area (Å²) >= 11 is 0. The second-order valence-electron chi connectivity index (χ2n) is 11.3. The van der Waals surface area contributed by atoms with Gasteiger partial charge in [0.1, 0.15) is 5.82 Å². The van der Waals surface area contributed by atoms with E-state index in [1.807, 2.05) is 43.9 Å². The van der Waals surface area contributed by atoms with E-state index in [4.69, 9.17) is 4.42 Å². The molecule has 230 valence electrons. The number of rotatable bonds is 6. The van der Waals surface area contributed by atoms with Crippen molar-refractivity contribution in [2.75, 3.05) is 54.4 Å². The highest BCUT2D eigenvalue weighted by Gasteiger charge is 2.42. The smallest absolute Gasteiger partial charge is 0.417 e. The Bertz CT molecular complexity index is 1470. The molecule has 43 heavy (non-hydrogen) atoms. The zero-order chi connectivity index (χ0) is 30.9. The molecule has 0 aliphatic carbocycles. The van der Waals surface area contributed by atoms with E-state index in [1.165, 1.54) is 6.20 Å². The van der Waals surface area contributed by atoms with Gasteiger partial charge in [-0.2, -0.15) is 18.2 Å². The molecule has 0 radical (unpaired) electrons. The molecule has 2 atom stereocenters. The Morgan fingerprint density at radius 3 is 2.47 bits per heavy atom. The predicted molar refractivity (Wildman–Crippen MR) is 154 cm³/mol. The van der Waals surface area contributed by atoms with Crippen molar-refractivity contribution < 1.29 is 32.3 Å². The van der Waals surface area contributed by atoms with Crippen LogP contribution in [0.3, 0.4) is 0 Å². The fourth-order valence-electron chi connectivity index (χ4n) is 5.50. The Balaban J connectivity index is 1.20. The van der Waals surface area contributed by atoms with Gasteiger partial charge in [0.2, 0.25) is 5.76 Å². The van der Waals surface area contributed by atoms with Crippen LogP contribution in [0.15, 0.2) is 40.9 Å². The van der Waals surface area contributed by atoms with Crippen LogP contribution in [0.5, 0.6) is 0 Å². The molecule has 2 saturated heterocycles. The number of aliphatic hydroxyl groups excluding tert-OH is 1. The highest BCUT2D eigenvalue weighted by atomic mass is 19.4. The van der Waals surface area contributed by atoms with Crippen molar-refractivity contribution in [3.05, 3.63) is 64.7 Å². The maximum atomic E-state index is 13.7. The normalized spacial score (nSPS) is 18.5. The Hall–Kier alpha value is -4.13. The minimum Gasteiger partial charge on any atom is -0.417 e. The SMILES string of the molecule is Cc1ccc(C)c(C(O)C(=O)N2CCN(c3ccc(NC(=O)c4oc(N5CCCC(C)C5)nc4C(F)(F)F)cn3)CC2)c1. The van der Waals surface area contributed by atoms with Crippen LogP contribution in [0, 0.1) is 19.8 Å². The number of aryl methyl sites for hydroxylation is 2. The molecular formula is C30H35F3N6O4. The number of halogens is 3. The highest BCUT2D eigenvalue weighted by molar-refractivity contribution is 6.03. The Labute approximate surface area is 247 Å². The number of alkyl halides is 3. The van der Waals surface area contributed by atoms with Gasteiger partial charge in [0, 0.05) is 39.3 Å². The van der Waals surface area contributed by atoms with Gasteiger partial charge in [0.25, 0.3) is 17.8 Å². The zero-order valence-electron chi connectivity index (χ0n) is 24.3. The van der Waals surface area contributed by atoms with Gasteiger partial charge in [-0.15, -0.1) is 0 Å². The third kappa shape index (κ3) is 6.76. The topological polar surface area (TPSA) is 115 Å². The van der Waals surface area contributed by atoms with Crippen LogP contribution in [0.1, 0.15) is 58.8 Å². The summed E-state index contributed by atoms with van der Waals surface area (Å²) in [4.78, 5) is 39.0. The number of carbonyl (C=O) groups is 2. The Kier molecular flexibility index (Phi) is 8.63. The molecule has 2 unspecified atom stereocenters. The summed E-state index contributed by atoms with van der Waals surface area (Å²) in [6, 6.07) is 8.60. The van der Waals surface area contributed by atoms with Gasteiger partial charge in [0.05, 0.1) is 11.9 Å². The fourth-order valence-corrected chi connectivity index (χ4v) is 5.50. The number of nitrogens with zero attached hydrogens (tertiary/aromatic N) is 5. The number of piperidine rings is 1. The third-order valence-electron chi connectivity index (χ3n) is 7.90. The number of anilines is 3. The lowest BCUT2D eigenvalue weighted by Gasteiger charge is -2.36. The van der Waals surface area contributed by atoms with Crippen molar-refractivity contribution in [2.24, 2.45) is 5.92 Å². The van der Waals surface area contributed by atoms with Gasteiger partial charge in [-0.25, -0.2) is 4.98 Å². The molecule has 2 N–H and O–H groups in total. The van der Waals surface area contributed by atoms with Crippen LogP contribution in [-0.2, 0) is 11.0 Å². The summed E-state index contributed by atoms with van der Waals surface area (Å²) in [6.07, 6.45) is -2.99. The Morgan fingerprint density at radius 1 is 1.07 bits per heavy atom. The maximum Gasteiger partial charge on any atom is 0.437 e. The molecule has 2 fully saturated rings. The summed E-state index contributed by atoms with van der Waals surface area (Å²) in [5.74, 6) is -1.47. The first-order chi connectivity index (χ1) is 20.4. The molecule has 0 bridgehead atoms. The Morgan fingerprint density at radius 2 is 1.81 bits per heavy atom. The summed E-state index contributed by atoms with van der Waals surface area (Å²) in [5.41, 5.74) is 1.23. The van der Waals surface area contributed by atoms with Gasteiger partial charge < -0.3 is 29.5 Å². The average molecular weight is 601 g/mol. The lowest BCUT2D eigenvalue weighted by Crippen LogP contribution is -2.50. The second kappa shape index (κ2) is 12.2. The van der Waals surface area contributed by atoms with Crippen LogP contribution in [0.25, 0.3) is 0 Å². The highest BCUT2D eigenvalue weighted by Crippen LogP contribution is 2.35. The van der Waals surface area contributed by atoms with E-state index in [1.54, 1.807) is 21.9 Å². The zero-order valence-corrected chi connectivity index (χ0v) is 24.3. The number of nitrogens with one attached hydrogen (secondary N) is 1. The quantitative estimate of drug-likeness (QED) is 0.423. The predicted octanol–water partition coefficient (Wildman–Crippen LogP) is 4.58. The van der Waals surface area contributed by atoms with Crippen molar-refractivity contribution in [2.45, 2.75) is 45.9 Å². The lowest BCUT2D eigenvalue weighted by atomic mass is 10.00. The van der Waals surface area contributed by atoms with E-state index in [-0.39, 0.29) is 23.5 Å². The summed E-state index contributed by atoms with van der Waals surface area (Å²) in [5, 5.41) is 13.2. The van der Waals surface area contributed by atoms with Crippen molar-refractivity contribution in [3.63, 3.8) is 0 Å². The number of aromatic nitrogens is 2. The third-order valence-corrected chi connectivity index (χ3v) is 7.90. The van der Waals surface area contributed by atoms with Crippen LogP contribution in [0.4, 0.5) is 30.7 Å². The fraction of sp³-hybridized carbons (Fsp3) is 0.467. The molecule has 1 aromatic carbocycles. The van der Waals surface area contributed by atoms with E-state index in [9.17, 15) is 27.9 Å². The van der Waals surface area contributed by atoms with Gasteiger partial charge in [-0.05, 0) is 55.9 Å². The first-order valence-electron chi connectivity index (χ1n) is 14.3. The van der Waals surface area contributed by atoms with Crippen LogP contribution in [-0.4, -0.2) is 71.1 Å². The number of pyridine rings is 1. The van der Waals surface area contributed by atoms with E-state index >= 15 is 0 Å². The van der Waals surface area contributed by atoms with Crippen molar-refractivity contribution >= 4 is 29.3 Å². The van der Waals surface area contributed by atoms with E-state index in [0.29, 0.717) is 50.6 Å². The summed E-state index contributed by atoms with van der Waals surface area (Å²) < 4.78 is 46.6. The second-order valence-corrected chi connectivity index (χ2v) is 11.3. The number of hydrogen-bond donors (Lipinski definition) is 2. The molecule has 4 heterocycles. The van der Waals surface area contributed by atoms with Crippen molar-refractivity contribution in [3.8, 4) is 0 Å². The van der Waals surface area contributed by atoms with Gasteiger partial charge in [0.15, 0.2) is 11.8 Å². The molecule has 2 aliphatic rings.